The van der Waals surface area contributed by atoms with Crippen molar-refractivity contribution in [1.82, 2.24) is 4.98 Å². The molecule has 134 valence electrons. The van der Waals surface area contributed by atoms with Gasteiger partial charge in [0.15, 0.2) is 0 Å². The molecule has 0 aliphatic carbocycles. The molecule has 0 aliphatic heterocycles. The molecule has 0 spiro atoms. The SMILES string of the molecule is Cc1cccc(NC(=O)c2sc3nc(C)cc(-c4ccccc4)c3c2N)c1. The maximum atomic E-state index is 12.8. The molecule has 0 unspecified atom stereocenters. The summed E-state index contributed by atoms with van der Waals surface area (Å²) in [5.74, 6) is -0.210. The summed E-state index contributed by atoms with van der Waals surface area (Å²) in [6, 6.07) is 19.8. The minimum atomic E-state index is -0.210. The molecular formula is C22H19N3OS. The molecule has 5 heteroatoms. The smallest absolute Gasteiger partial charge is 0.267 e. The van der Waals surface area contributed by atoms with Gasteiger partial charge in [-0.1, -0.05) is 42.5 Å². The number of pyridine rings is 1. The van der Waals surface area contributed by atoms with Gasteiger partial charge in [-0.25, -0.2) is 4.98 Å². The van der Waals surface area contributed by atoms with Crippen molar-refractivity contribution in [3.8, 4) is 11.1 Å². The lowest BCUT2D eigenvalue weighted by Crippen LogP contribution is -2.12. The Morgan fingerprint density at radius 1 is 1.04 bits per heavy atom. The number of nitrogens with zero attached hydrogens (tertiary/aromatic N) is 1. The van der Waals surface area contributed by atoms with Crippen molar-refractivity contribution in [1.29, 1.82) is 0 Å². The summed E-state index contributed by atoms with van der Waals surface area (Å²) in [6.07, 6.45) is 0. The Kier molecular flexibility index (Phi) is 4.38. The number of rotatable bonds is 3. The minimum absolute atomic E-state index is 0.210. The first-order chi connectivity index (χ1) is 13.0. The zero-order valence-corrected chi connectivity index (χ0v) is 15.9. The Labute approximate surface area is 161 Å². The second-order valence-corrected chi connectivity index (χ2v) is 7.52. The summed E-state index contributed by atoms with van der Waals surface area (Å²) in [6.45, 7) is 3.94. The molecule has 0 bridgehead atoms. The van der Waals surface area contributed by atoms with Crippen LogP contribution in [0.5, 0.6) is 0 Å². The Morgan fingerprint density at radius 2 is 1.81 bits per heavy atom. The maximum Gasteiger partial charge on any atom is 0.267 e. The Balaban J connectivity index is 1.81. The van der Waals surface area contributed by atoms with Crippen LogP contribution in [0.4, 0.5) is 11.4 Å². The van der Waals surface area contributed by atoms with Gasteiger partial charge in [-0.05, 0) is 48.7 Å². The number of benzene rings is 2. The van der Waals surface area contributed by atoms with Gasteiger partial charge in [-0.15, -0.1) is 11.3 Å². The summed E-state index contributed by atoms with van der Waals surface area (Å²) in [4.78, 5) is 18.7. The van der Waals surface area contributed by atoms with Gasteiger partial charge in [0.25, 0.3) is 5.91 Å². The highest BCUT2D eigenvalue weighted by Crippen LogP contribution is 2.39. The number of carbonyl (C=O) groups is 1. The van der Waals surface area contributed by atoms with Crippen molar-refractivity contribution in [2.75, 3.05) is 11.1 Å². The highest BCUT2D eigenvalue weighted by Gasteiger charge is 2.20. The summed E-state index contributed by atoms with van der Waals surface area (Å²) < 4.78 is 0. The number of aromatic nitrogens is 1. The molecule has 4 rings (SSSR count). The van der Waals surface area contributed by atoms with E-state index in [1.165, 1.54) is 11.3 Å². The topological polar surface area (TPSA) is 68.0 Å². The van der Waals surface area contributed by atoms with E-state index in [2.05, 4.69) is 10.3 Å². The van der Waals surface area contributed by atoms with Crippen LogP contribution in [0.2, 0.25) is 0 Å². The van der Waals surface area contributed by atoms with E-state index < -0.39 is 0 Å². The van der Waals surface area contributed by atoms with Crippen LogP contribution in [0.15, 0.2) is 60.7 Å². The van der Waals surface area contributed by atoms with Crippen molar-refractivity contribution in [3.05, 3.63) is 76.8 Å². The van der Waals surface area contributed by atoms with Crippen molar-refractivity contribution in [2.45, 2.75) is 13.8 Å². The van der Waals surface area contributed by atoms with Crippen LogP contribution in [-0.4, -0.2) is 10.9 Å². The number of thiophene rings is 1. The lowest BCUT2D eigenvalue weighted by atomic mass is 10.0. The van der Waals surface area contributed by atoms with E-state index in [4.69, 9.17) is 5.73 Å². The van der Waals surface area contributed by atoms with Crippen molar-refractivity contribution >= 4 is 38.8 Å². The number of nitrogens with two attached hydrogens (primary N) is 1. The quantitative estimate of drug-likeness (QED) is 0.504. The highest BCUT2D eigenvalue weighted by atomic mass is 32.1. The first kappa shape index (κ1) is 17.2. The third kappa shape index (κ3) is 3.29. The summed E-state index contributed by atoms with van der Waals surface area (Å²) in [5, 5.41) is 3.78. The van der Waals surface area contributed by atoms with Gasteiger partial charge in [-0.3, -0.25) is 4.79 Å². The molecule has 0 fully saturated rings. The average Bonchev–Trinajstić information content (AvgIpc) is 2.98. The standard InChI is InChI=1S/C22H19N3OS/c1-13-7-6-10-16(11-13)25-21(26)20-19(23)18-17(15-8-4-3-5-9-15)12-14(2)24-22(18)27-20/h3-12H,23H2,1-2H3,(H,25,26). The zero-order chi connectivity index (χ0) is 19.0. The van der Waals surface area contributed by atoms with Gasteiger partial charge in [0.1, 0.15) is 9.71 Å². The first-order valence-corrected chi connectivity index (χ1v) is 9.47. The molecule has 4 aromatic rings. The maximum absolute atomic E-state index is 12.8. The van der Waals surface area contributed by atoms with Crippen LogP contribution in [0.25, 0.3) is 21.3 Å². The number of hydrogen-bond acceptors (Lipinski definition) is 4. The minimum Gasteiger partial charge on any atom is -0.397 e. The summed E-state index contributed by atoms with van der Waals surface area (Å²) in [5.41, 5.74) is 11.7. The molecule has 0 saturated carbocycles. The summed E-state index contributed by atoms with van der Waals surface area (Å²) >= 11 is 1.33. The highest BCUT2D eigenvalue weighted by molar-refractivity contribution is 7.21. The number of carbonyl (C=O) groups excluding carboxylic acids is 1. The molecule has 2 heterocycles. The van der Waals surface area contributed by atoms with E-state index in [-0.39, 0.29) is 5.91 Å². The van der Waals surface area contributed by atoms with Crippen LogP contribution in [0.3, 0.4) is 0 Å². The van der Waals surface area contributed by atoms with Gasteiger partial charge in [-0.2, -0.15) is 0 Å². The van der Waals surface area contributed by atoms with Crippen LogP contribution in [0, 0.1) is 13.8 Å². The van der Waals surface area contributed by atoms with Gasteiger partial charge >= 0.3 is 0 Å². The molecule has 3 N–H and O–H groups in total. The number of anilines is 2. The number of nitrogen functional groups attached to an aromatic ring is 1. The molecule has 2 aromatic heterocycles. The fraction of sp³-hybridized carbons (Fsp3) is 0.0909. The predicted molar refractivity (Wildman–Crippen MR) is 113 cm³/mol. The fourth-order valence-corrected chi connectivity index (χ4v) is 4.23. The molecular weight excluding hydrogens is 354 g/mol. The average molecular weight is 373 g/mol. The number of amides is 1. The second kappa shape index (κ2) is 6.85. The molecule has 27 heavy (non-hydrogen) atoms. The lowest BCUT2D eigenvalue weighted by molar-refractivity contribution is 0.103. The fourth-order valence-electron chi connectivity index (χ4n) is 3.17. The van der Waals surface area contributed by atoms with Crippen LogP contribution >= 0.6 is 11.3 Å². The molecule has 0 aliphatic rings. The van der Waals surface area contributed by atoms with Gasteiger partial charge in [0.2, 0.25) is 0 Å². The molecule has 4 nitrogen and oxygen atoms in total. The van der Waals surface area contributed by atoms with Crippen molar-refractivity contribution in [2.24, 2.45) is 0 Å². The molecule has 0 saturated heterocycles. The normalized spacial score (nSPS) is 10.9. The Hall–Kier alpha value is -3.18. The second-order valence-electron chi connectivity index (χ2n) is 6.53. The van der Waals surface area contributed by atoms with Crippen LogP contribution < -0.4 is 11.1 Å². The number of fused-ring (bicyclic) bond motifs is 1. The zero-order valence-electron chi connectivity index (χ0n) is 15.1. The van der Waals surface area contributed by atoms with E-state index in [0.29, 0.717) is 10.6 Å². The third-order valence-electron chi connectivity index (χ3n) is 4.39. The van der Waals surface area contributed by atoms with E-state index >= 15 is 0 Å². The first-order valence-electron chi connectivity index (χ1n) is 8.66. The Morgan fingerprint density at radius 3 is 2.56 bits per heavy atom. The molecule has 2 aromatic carbocycles. The van der Waals surface area contributed by atoms with E-state index in [1.807, 2.05) is 74.5 Å². The predicted octanol–water partition coefficient (Wildman–Crippen LogP) is 5.41. The van der Waals surface area contributed by atoms with E-state index in [1.54, 1.807) is 0 Å². The Bertz CT molecular complexity index is 1150. The van der Waals surface area contributed by atoms with Gasteiger partial charge < -0.3 is 11.1 Å². The van der Waals surface area contributed by atoms with Gasteiger partial charge in [0, 0.05) is 16.8 Å². The number of nitrogens with one attached hydrogen (secondary N) is 1. The lowest BCUT2D eigenvalue weighted by Gasteiger charge is -2.07. The monoisotopic (exact) mass is 373 g/mol. The molecule has 0 atom stereocenters. The third-order valence-corrected chi connectivity index (χ3v) is 5.49. The largest absolute Gasteiger partial charge is 0.397 e. The number of aryl methyl sites for hydroxylation is 2. The summed E-state index contributed by atoms with van der Waals surface area (Å²) in [7, 11) is 0. The molecule has 0 radical (unpaired) electrons. The van der Waals surface area contributed by atoms with E-state index in [0.717, 1.165) is 38.3 Å². The van der Waals surface area contributed by atoms with Crippen LogP contribution in [-0.2, 0) is 0 Å². The van der Waals surface area contributed by atoms with Crippen molar-refractivity contribution in [3.63, 3.8) is 0 Å². The van der Waals surface area contributed by atoms with Crippen molar-refractivity contribution < 1.29 is 4.79 Å². The number of hydrogen-bond donors (Lipinski definition) is 2. The van der Waals surface area contributed by atoms with Crippen LogP contribution in [0.1, 0.15) is 20.9 Å². The van der Waals surface area contributed by atoms with Gasteiger partial charge in [0.05, 0.1) is 5.69 Å². The molecule has 1 amide bonds. The van der Waals surface area contributed by atoms with E-state index in [9.17, 15) is 4.79 Å².